The van der Waals surface area contributed by atoms with Crippen LogP contribution in [0.3, 0.4) is 0 Å². The largest absolute Gasteiger partial charge is 2.00 e. The summed E-state index contributed by atoms with van der Waals surface area (Å²) in [5.74, 6) is 0. The molecule has 0 N–H and O–H groups in total. The monoisotopic (exact) mass is 194 g/mol. The van der Waals surface area contributed by atoms with Crippen molar-refractivity contribution in [3.05, 3.63) is 0 Å². The fourth-order valence-electron chi connectivity index (χ4n) is 0. The molecule has 0 fully saturated rings. The molecule has 0 saturated heterocycles. The standard InChI is InChI=1S/ClH.Fe.Li.H2O4S/c;;;1-5(2,3)4/h1H;;;(H2,1,2,3,4)/q;+2;+1;/p-3. The predicted octanol–water partition coefficient (Wildman–Crippen LogP) is -7.33. The van der Waals surface area contributed by atoms with Gasteiger partial charge in [0.25, 0.3) is 0 Å². The average Bonchev–Trinajstić information content (AvgIpc) is 0.722. The van der Waals surface area contributed by atoms with Crippen LogP contribution in [0.1, 0.15) is 0 Å². The fourth-order valence-corrected chi connectivity index (χ4v) is 0. The summed E-state index contributed by atoms with van der Waals surface area (Å²) >= 11 is 0. The van der Waals surface area contributed by atoms with Crippen molar-refractivity contribution < 1.29 is 65.9 Å². The maximum Gasteiger partial charge on any atom is 2.00 e. The normalized spacial score (nSPS) is 7.25. The van der Waals surface area contributed by atoms with Gasteiger partial charge in [-0.3, -0.25) is 8.42 Å². The minimum Gasteiger partial charge on any atom is -1.00 e. The Morgan fingerprint density at radius 3 is 1.12 bits per heavy atom. The van der Waals surface area contributed by atoms with Gasteiger partial charge in [-0.05, 0) is 0 Å². The molecule has 0 atom stereocenters. The van der Waals surface area contributed by atoms with Gasteiger partial charge < -0.3 is 21.5 Å². The van der Waals surface area contributed by atoms with Crippen LogP contribution in [0.2, 0.25) is 0 Å². The molecule has 8 heavy (non-hydrogen) atoms. The van der Waals surface area contributed by atoms with Gasteiger partial charge in [-0.15, -0.1) is 0 Å². The molecule has 0 aliphatic rings. The molecule has 0 aromatic carbocycles. The van der Waals surface area contributed by atoms with Gasteiger partial charge in [0.1, 0.15) is 0 Å². The van der Waals surface area contributed by atoms with Gasteiger partial charge in [0.2, 0.25) is 0 Å². The summed E-state index contributed by atoms with van der Waals surface area (Å²) in [5, 5.41) is 0. The quantitative estimate of drug-likeness (QED) is 0.218. The first kappa shape index (κ1) is 22.8. The molecule has 4 nitrogen and oxygen atoms in total. The molecular weight excluding hydrogens is 194 g/mol. The van der Waals surface area contributed by atoms with E-state index in [1.54, 1.807) is 0 Å². The van der Waals surface area contributed by atoms with E-state index in [0.717, 1.165) is 0 Å². The topological polar surface area (TPSA) is 80.3 Å². The summed E-state index contributed by atoms with van der Waals surface area (Å²) in [5.41, 5.74) is 0. The van der Waals surface area contributed by atoms with Gasteiger partial charge in [-0.2, -0.15) is 0 Å². The van der Waals surface area contributed by atoms with Crippen LogP contribution in [-0.2, 0) is 27.5 Å². The predicted molar refractivity (Wildman–Crippen MR) is 10.5 cm³/mol. The van der Waals surface area contributed by atoms with Crippen LogP contribution in [0.5, 0.6) is 0 Å². The summed E-state index contributed by atoms with van der Waals surface area (Å²) < 4.78 is 34.1. The van der Waals surface area contributed by atoms with Gasteiger partial charge >= 0.3 is 35.9 Å². The Morgan fingerprint density at radius 1 is 1.12 bits per heavy atom. The number of rotatable bonds is 0. The third-order valence-electron chi connectivity index (χ3n) is 0. The molecule has 0 bridgehead atoms. The SMILES string of the molecule is O=S(=O)([O-])[O-].[Cl-].[Fe+2].[Li+]. The molecule has 0 spiro atoms. The van der Waals surface area contributed by atoms with Crippen LogP contribution >= 0.6 is 0 Å². The van der Waals surface area contributed by atoms with E-state index in [4.69, 9.17) is 17.5 Å². The van der Waals surface area contributed by atoms with Crippen molar-refractivity contribution in [3.63, 3.8) is 0 Å². The second kappa shape index (κ2) is 8.28. The van der Waals surface area contributed by atoms with E-state index in [2.05, 4.69) is 0 Å². The minimum absolute atomic E-state index is 0. The summed E-state index contributed by atoms with van der Waals surface area (Å²) in [6.45, 7) is 0. The molecule has 0 aromatic rings. The van der Waals surface area contributed by atoms with E-state index >= 15 is 0 Å². The number of hydrogen-bond donors (Lipinski definition) is 0. The van der Waals surface area contributed by atoms with E-state index in [0.29, 0.717) is 0 Å². The van der Waals surface area contributed by atoms with Gasteiger partial charge in [-0.1, -0.05) is 0 Å². The maximum atomic E-state index is 8.52. The van der Waals surface area contributed by atoms with Crippen LogP contribution in [0.4, 0.5) is 0 Å². The zero-order chi connectivity index (χ0) is 4.50. The zero-order valence-electron chi connectivity index (χ0n) is 3.77. The van der Waals surface area contributed by atoms with Crippen molar-refractivity contribution in [2.45, 2.75) is 0 Å². The van der Waals surface area contributed by atoms with Crippen molar-refractivity contribution in [3.8, 4) is 0 Å². The molecule has 0 unspecified atom stereocenters. The first-order valence-electron chi connectivity index (χ1n) is 0.667. The van der Waals surface area contributed by atoms with Crippen molar-refractivity contribution in [2.75, 3.05) is 0 Å². The van der Waals surface area contributed by atoms with E-state index in [1.807, 2.05) is 0 Å². The summed E-state index contributed by atoms with van der Waals surface area (Å²) in [6.07, 6.45) is 0. The van der Waals surface area contributed by atoms with E-state index in [-0.39, 0.29) is 48.3 Å². The van der Waals surface area contributed by atoms with Gasteiger partial charge in [0.15, 0.2) is 0 Å². The minimum atomic E-state index is -5.17. The molecule has 0 aromatic heterocycles. The Bertz CT molecular complexity index is 99.2. The van der Waals surface area contributed by atoms with Crippen molar-refractivity contribution >= 4 is 10.4 Å². The Kier molecular flexibility index (Phi) is 23.6. The van der Waals surface area contributed by atoms with E-state index in [1.165, 1.54) is 0 Å². The second-order valence-electron chi connectivity index (χ2n) is 0.408. The molecule has 0 aliphatic carbocycles. The molecule has 8 heteroatoms. The number of halogens is 1. The molecule has 0 aliphatic heterocycles. The molecule has 0 amide bonds. The maximum absolute atomic E-state index is 8.52. The first-order valence-corrected chi connectivity index (χ1v) is 2.00. The Labute approximate surface area is 76.1 Å². The van der Waals surface area contributed by atoms with Gasteiger partial charge in [0, 0.05) is 10.4 Å². The molecule has 0 rings (SSSR count). The first-order chi connectivity index (χ1) is 2.00. The molecule has 0 heterocycles. The summed E-state index contributed by atoms with van der Waals surface area (Å²) in [6, 6.07) is 0. The van der Waals surface area contributed by atoms with E-state index < -0.39 is 10.4 Å². The van der Waals surface area contributed by atoms with Crippen LogP contribution in [0, 0.1) is 0 Å². The molecule has 0 saturated carbocycles. The molecule has 0 radical (unpaired) electrons. The second-order valence-corrected chi connectivity index (χ2v) is 1.22. The Morgan fingerprint density at radius 2 is 1.12 bits per heavy atom. The summed E-state index contributed by atoms with van der Waals surface area (Å²) in [4.78, 5) is 0. The fraction of sp³-hybridized carbons (Fsp3) is 0. The van der Waals surface area contributed by atoms with Crippen LogP contribution in [0.25, 0.3) is 0 Å². The van der Waals surface area contributed by atoms with Gasteiger partial charge in [-0.25, -0.2) is 0 Å². The van der Waals surface area contributed by atoms with Crippen molar-refractivity contribution in [2.24, 2.45) is 0 Å². The van der Waals surface area contributed by atoms with Crippen LogP contribution in [0.15, 0.2) is 0 Å². The van der Waals surface area contributed by atoms with Crippen LogP contribution in [-0.4, -0.2) is 17.5 Å². The Hall–Kier alpha value is 1.28. The van der Waals surface area contributed by atoms with Gasteiger partial charge in [0.05, 0.1) is 0 Å². The third-order valence-corrected chi connectivity index (χ3v) is 0. The Balaban J connectivity index is -0.0000000267. The van der Waals surface area contributed by atoms with Crippen molar-refractivity contribution in [1.29, 1.82) is 0 Å². The smallest absolute Gasteiger partial charge is 1.00 e. The van der Waals surface area contributed by atoms with Crippen molar-refractivity contribution in [1.82, 2.24) is 0 Å². The van der Waals surface area contributed by atoms with E-state index in [9.17, 15) is 0 Å². The number of hydrogen-bond acceptors (Lipinski definition) is 4. The summed E-state index contributed by atoms with van der Waals surface area (Å²) in [7, 11) is -5.17. The molecular formula is ClFeLiO4S. The zero-order valence-corrected chi connectivity index (χ0v) is 6.45. The average molecular weight is 194 g/mol. The van der Waals surface area contributed by atoms with Crippen LogP contribution < -0.4 is 31.3 Å². The third kappa shape index (κ3) is 176. The molecule has 46 valence electrons.